The predicted octanol–water partition coefficient (Wildman–Crippen LogP) is 5.68. The van der Waals surface area contributed by atoms with Crippen LogP contribution in [-0.2, 0) is 6.42 Å². The Balaban J connectivity index is 1.37. The molecule has 198 valence electrons. The fourth-order valence-electron chi connectivity index (χ4n) is 6.73. The van der Waals surface area contributed by atoms with E-state index in [9.17, 15) is 4.79 Å². The molecule has 7 heteroatoms. The number of hydrogen-bond donors (Lipinski definition) is 1. The van der Waals surface area contributed by atoms with E-state index in [1.54, 1.807) is 0 Å². The Morgan fingerprint density at radius 3 is 2.50 bits per heavy atom. The van der Waals surface area contributed by atoms with Crippen LogP contribution >= 0.6 is 0 Å². The third kappa shape index (κ3) is 5.04. The molecule has 1 saturated carbocycles. The minimum Gasteiger partial charge on any atom is -0.321 e. The van der Waals surface area contributed by atoms with Crippen LogP contribution in [0.2, 0.25) is 0 Å². The van der Waals surface area contributed by atoms with Crippen molar-refractivity contribution < 1.29 is 0 Å². The van der Waals surface area contributed by atoms with Crippen LogP contribution < -0.4 is 5.56 Å². The standard InChI is InChI=1S/C31H38N6O/c1-21-17-22(2)28-25(18-21)20-27(31(38)32-28)29(30-33-34-35-37(30)26-11-7-4-8-12-26)36-15-13-24(14-16-36)19-23-9-5-3-6-10-23/h3,5-6,9-10,17-18,20,24,26,29H,4,7-8,11-16,19H2,1-2H3,(H,32,38). The number of benzene rings is 2. The van der Waals surface area contributed by atoms with Gasteiger partial charge in [-0.3, -0.25) is 9.69 Å². The molecule has 1 aliphatic heterocycles. The molecule has 3 heterocycles. The monoisotopic (exact) mass is 510 g/mol. The Hall–Kier alpha value is -3.32. The average molecular weight is 511 g/mol. The SMILES string of the molecule is Cc1cc(C)c2[nH]c(=O)c(C(c3nnnn3C3CCCCC3)N3CCC(Cc4ccccc4)CC3)cc2c1. The van der Waals surface area contributed by atoms with Gasteiger partial charge in [0.1, 0.15) is 6.04 Å². The van der Waals surface area contributed by atoms with Crippen LogP contribution in [-0.4, -0.2) is 43.2 Å². The number of tetrazole rings is 1. The zero-order chi connectivity index (χ0) is 26.1. The lowest BCUT2D eigenvalue weighted by Crippen LogP contribution is -2.41. The van der Waals surface area contributed by atoms with Crippen LogP contribution in [0.5, 0.6) is 0 Å². The van der Waals surface area contributed by atoms with Crippen molar-refractivity contribution in [3.05, 3.63) is 87.0 Å². The number of likely N-dealkylation sites (tertiary alicyclic amines) is 1. The molecule has 4 aromatic rings. The summed E-state index contributed by atoms with van der Waals surface area (Å²) in [7, 11) is 0. The Morgan fingerprint density at radius 2 is 1.74 bits per heavy atom. The van der Waals surface area contributed by atoms with Gasteiger partial charge in [-0.25, -0.2) is 4.68 Å². The van der Waals surface area contributed by atoms with Crippen molar-refractivity contribution in [3.8, 4) is 0 Å². The molecule has 1 N–H and O–H groups in total. The molecule has 2 aromatic heterocycles. The zero-order valence-electron chi connectivity index (χ0n) is 22.6. The first-order chi connectivity index (χ1) is 18.6. The number of aromatic nitrogens is 5. The maximum absolute atomic E-state index is 13.7. The number of piperidine rings is 1. The topological polar surface area (TPSA) is 79.7 Å². The molecule has 1 atom stereocenters. The summed E-state index contributed by atoms with van der Waals surface area (Å²) in [6.45, 7) is 6.01. The Morgan fingerprint density at radius 1 is 0.974 bits per heavy atom. The van der Waals surface area contributed by atoms with E-state index >= 15 is 0 Å². The van der Waals surface area contributed by atoms with Crippen LogP contribution in [0.3, 0.4) is 0 Å². The summed E-state index contributed by atoms with van der Waals surface area (Å²) < 4.78 is 2.05. The molecule has 7 nitrogen and oxygen atoms in total. The summed E-state index contributed by atoms with van der Waals surface area (Å²) in [5, 5.41) is 14.3. The summed E-state index contributed by atoms with van der Waals surface area (Å²) in [5.41, 5.74) is 5.30. The van der Waals surface area contributed by atoms with E-state index in [4.69, 9.17) is 0 Å². The number of H-pyrrole nitrogens is 1. The molecule has 2 aliphatic rings. The lowest BCUT2D eigenvalue weighted by molar-refractivity contribution is 0.140. The Bertz CT molecular complexity index is 1440. The second-order valence-corrected chi connectivity index (χ2v) is 11.4. The molecule has 1 unspecified atom stereocenters. The predicted molar refractivity (Wildman–Crippen MR) is 150 cm³/mol. The van der Waals surface area contributed by atoms with E-state index < -0.39 is 0 Å². The second-order valence-electron chi connectivity index (χ2n) is 11.4. The van der Waals surface area contributed by atoms with Gasteiger partial charge in [0.15, 0.2) is 5.82 Å². The van der Waals surface area contributed by atoms with Crippen molar-refractivity contribution in [2.75, 3.05) is 13.1 Å². The van der Waals surface area contributed by atoms with Gasteiger partial charge in [0, 0.05) is 5.56 Å². The first-order valence-electron chi connectivity index (χ1n) is 14.3. The number of aryl methyl sites for hydroxylation is 2. The fourth-order valence-corrected chi connectivity index (χ4v) is 6.73. The summed E-state index contributed by atoms with van der Waals surface area (Å²) in [4.78, 5) is 19.3. The van der Waals surface area contributed by atoms with Gasteiger partial charge in [0.2, 0.25) is 0 Å². The number of aromatic amines is 1. The quantitative estimate of drug-likeness (QED) is 0.361. The smallest absolute Gasteiger partial charge is 0.253 e. The normalized spacial score (nSPS) is 18.7. The van der Waals surface area contributed by atoms with E-state index in [1.165, 1.54) is 30.4 Å². The molecule has 0 spiro atoms. The fraction of sp³-hybridized carbons (Fsp3) is 0.484. The van der Waals surface area contributed by atoms with Crippen molar-refractivity contribution in [1.29, 1.82) is 0 Å². The van der Waals surface area contributed by atoms with Crippen LogP contribution in [0, 0.1) is 19.8 Å². The minimum atomic E-state index is -0.265. The van der Waals surface area contributed by atoms with Crippen LogP contribution in [0.25, 0.3) is 10.9 Å². The Kier molecular flexibility index (Phi) is 7.11. The first-order valence-corrected chi connectivity index (χ1v) is 14.3. The van der Waals surface area contributed by atoms with Gasteiger partial charge < -0.3 is 4.98 Å². The van der Waals surface area contributed by atoms with E-state index in [2.05, 4.69) is 87.8 Å². The summed E-state index contributed by atoms with van der Waals surface area (Å²) in [5.74, 6) is 1.46. The van der Waals surface area contributed by atoms with Crippen molar-refractivity contribution in [3.63, 3.8) is 0 Å². The van der Waals surface area contributed by atoms with E-state index in [1.807, 2.05) is 4.68 Å². The van der Waals surface area contributed by atoms with Gasteiger partial charge in [0.05, 0.1) is 11.6 Å². The number of rotatable bonds is 6. The van der Waals surface area contributed by atoms with Crippen molar-refractivity contribution in [1.82, 2.24) is 30.1 Å². The zero-order valence-corrected chi connectivity index (χ0v) is 22.6. The Labute approximate surface area is 224 Å². The molecule has 0 bridgehead atoms. The maximum atomic E-state index is 13.7. The summed E-state index contributed by atoms with van der Waals surface area (Å²) >= 11 is 0. The number of pyridine rings is 1. The van der Waals surface area contributed by atoms with Gasteiger partial charge in [-0.15, -0.1) is 5.10 Å². The van der Waals surface area contributed by atoms with Crippen LogP contribution in [0.4, 0.5) is 0 Å². The molecule has 1 aliphatic carbocycles. The van der Waals surface area contributed by atoms with E-state index in [0.717, 1.165) is 73.0 Å². The lowest BCUT2D eigenvalue weighted by Gasteiger charge is -2.37. The van der Waals surface area contributed by atoms with Gasteiger partial charge in [-0.05, 0) is 104 Å². The van der Waals surface area contributed by atoms with Crippen LogP contribution in [0.15, 0.2) is 53.3 Å². The minimum absolute atomic E-state index is 0.0425. The summed E-state index contributed by atoms with van der Waals surface area (Å²) in [6, 6.07) is 17.2. The second kappa shape index (κ2) is 10.8. The van der Waals surface area contributed by atoms with E-state index in [0.29, 0.717) is 12.0 Å². The number of nitrogens with zero attached hydrogens (tertiary/aromatic N) is 5. The molecular formula is C31H38N6O. The third-order valence-corrected chi connectivity index (χ3v) is 8.68. The molecule has 38 heavy (non-hydrogen) atoms. The molecule has 0 amide bonds. The molecule has 1 saturated heterocycles. The first kappa shape index (κ1) is 25.0. The van der Waals surface area contributed by atoms with Gasteiger partial charge in [-0.2, -0.15) is 0 Å². The number of hydrogen-bond acceptors (Lipinski definition) is 5. The van der Waals surface area contributed by atoms with Crippen molar-refractivity contribution in [2.24, 2.45) is 5.92 Å². The van der Waals surface area contributed by atoms with Crippen LogP contribution in [0.1, 0.15) is 85.1 Å². The van der Waals surface area contributed by atoms with Gasteiger partial charge >= 0.3 is 0 Å². The molecule has 2 aromatic carbocycles. The highest BCUT2D eigenvalue weighted by Crippen LogP contribution is 2.35. The third-order valence-electron chi connectivity index (χ3n) is 8.68. The lowest BCUT2D eigenvalue weighted by atomic mass is 9.88. The maximum Gasteiger partial charge on any atom is 0.253 e. The van der Waals surface area contributed by atoms with Crippen molar-refractivity contribution in [2.45, 2.75) is 77.3 Å². The molecule has 6 rings (SSSR count). The number of fused-ring (bicyclic) bond motifs is 1. The van der Waals surface area contributed by atoms with Crippen molar-refractivity contribution >= 4 is 10.9 Å². The molecule has 2 fully saturated rings. The molecule has 0 radical (unpaired) electrons. The van der Waals surface area contributed by atoms with E-state index in [-0.39, 0.29) is 11.6 Å². The van der Waals surface area contributed by atoms with Gasteiger partial charge in [-0.1, -0.05) is 61.2 Å². The highest BCUT2D eigenvalue weighted by molar-refractivity contribution is 5.83. The van der Waals surface area contributed by atoms with Gasteiger partial charge in [0.25, 0.3) is 5.56 Å². The number of nitrogens with one attached hydrogen (secondary N) is 1. The largest absolute Gasteiger partial charge is 0.321 e. The highest BCUT2D eigenvalue weighted by atomic mass is 16.1. The molecular weight excluding hydrogens is 472 g/mol. The highest BCUT2D eigenvalue weighted by Gasteiger charge is 2.35. The average Bonchev–Trinajstić information content (AvgIpc) is 3.41. The summed E-state index contributed by atoms with van der Waals surface area (Å²) in [6.07, 6.45) is 9.17.